The van der Waals surface area contributed by atoms with Crippen molar-refractivity contribution in [3.63, 3.8) is 0 Å². The first-order valence-corrected chi connectivity index (χ1v) is 13.5. The summed E-state index contributed by atoms with van der Waals surface area (Å²) < 4.78 is 0. The number of likely N-dealkylation sites (N-methyl/N-ethyl adjacent to an activating group) is 1. The van der Waals surface area contributed by atoms with Gasteiger partial charge in [0.15, 0.2) is 0 Å². The number of benzene rings is 5. The number of hydrogen-bond acceptors (Lipinski definition) is 4. The molecule has 0 spiro atoms. The quantitative estimate of drug-likeness (QED) is 0.188. The lowest BCUT2D eigenvalue weighted by Gasteiger charge is -2.25. The number of aromatic hydroxyl groups is 1. The fraction of sp³-hybridized carbons (Fsp3) is 0.206. The molecule has 0 saturated carbocycles. The molecule has 5 aromatic rings. The highest BCUT2D eigenvalue weighted by atomic mass is 16.3. The molecule has 0 aromatic heterocycles. The average Bonchev–Trinajstić information content (AvgIpc) is 2.96. The third-order valence-corrected chi connectivity index (χ3v) is 7.21. The zero-order chi connectivity index (χ0) is 27.0. The molecule has 39 heavy (non-hydrogen) atoms. The smallest absolute Gasteiger partial charge is 0.251 e. The summed E-state index contributed by atoms with van der Waals surface area (Å²) in [5.74, 6) is -0.00847. The van der Waals surface area contributed by atoms with Gasteiger partial charge in [-0.1, -0.05) is 84.9 Å². The maximum Gasteiger partial charge on any atom is 0.251 e. The molecule has 5 rings (SSSR count). The summed E-state index contributed by atoms with van der Waals surface area (Å²) >= 11 is 0. The van der Waals surface area contributed by atoms with E-state index >= 15 is 0 Å². The Morgan fingerprint density at radius 3 is 2.23 bits per heavy atom. The van der Waals surface area contributed by atoms with E-state index in [0.717, 1.165) is 13.0 Å². The first kappa shape index (κ1) is 26.4. The molecule has 0 heterocycles. The van der Waals surface area contributed by atoms with Crippen molar-refractivity contribution in [2.75, 3.05) is 20.1 Å². The van der Waals surface area contributed by atoms with E-state index in [0.29, 0.717) is 18.5 Å². The number of carbonyl (C=O) groups is 1. The van der Waals surface area contributed by atoms with Gasteiger partial charge in [0, 0.05) is 30.7 Å². The van der Waals surface area contributed by atoms with E-state index in [4.69, 9.17) is 0 Å². The summed E-state index contributed by atoms with van der Waals surface area (Å²) in [5, 5.41) is 24.8. The molecule has 0 aliphatic carbocycles. The average molecular weight is 518 g/mol. The first-order valence-electron chi connectivity index (χ1n) is 13.5. The summed E-state index contributed by atoms with van der Waals surface area (Å²) in [7, 11) is 1.97. The van der Waals surface area contributed by atoms with Crippen LogP contribution in [0.4, 0.5) is 0 Å². The third-order valence-electron chi connectivity index (χ3n) is 7.21. The Morgan fingerprint density at radius 2 is 1.44 bits per heavy atom. The molecule has 0 aliphatic heterocycles. The molecule has 0 radical (unpaired) electrons. The summed E-state index contributed by atoms with van der Waals surface area (Å²) in [6.45, 7) is 1.42. The topological polar surface area (TPSA) is 73.4 Å². The minimum absolute atomic E-state index is 0.131. The molecular formula is C34H35N3O2. The van der Waals surface area contributed by atoms with E-state index in [-0.39, 0.29) is 23.7 Å². The van der Waals surface area contributed by atoms with Gasteiger partial charge in [0.25, 0.3) is 5.91 Å². The highest BCUT2D eigenvalue weighted by Gasteiger charge is 2.18. The van der Waals surface area contributed by atoms with Gasteiger partial charge < -0.3 is 21.1 Å². The Labute approximate surface area is 229 Å². The fourth-order valence-corrected chi connectivity index (χ4v) is 5.21. The van der Waals surface area contributed by atoms with Crippen LogP contribution in [-0.2, 0) is 12.8 Å². The van der Waals surface area contributed by atoms with Crippen LogP contribution in [0.2, 0.25) is 0 Å². The van der Waals surface area contributed by atoms with Crippen molar-refractivity contribution in [3.05, 3.63) is 126 Å². The van der Waals surface area contributed by atoms with Gasteiger partial charge in [0.05, 0.1) is 0 Å². The Kier molecular flexibility index (Phi) is 8.51. The van der Waals surface area contributed by atoms with Crippen LogP contribution >= 0.6 is 0 Å². The van der Waals surface area contributed by atoms with Crippen molar-refractivity contribution in [2.45, 2.75) is 24.9 Å². The van der Waals surface area contributed by atoms with Gasteiger partial charge in [-0.15, -0.1) is 0 Å². The first-order chi connectivity index (χ1) is 19.1. The summed E-state index contributed by atoms with van der Waals surface area (Å²) in [6.07, 6.45) is 1.57. The van der Waals surface area contributed by atoms with Crippen molar-refractivity contribution < 1.29 is 9.90 Å². The second-order valence-electron chi connectivity index (χ2n) is 10.1. The van der Waals surface area contributed by atoms with Crippen molar-refractivity contribution in [2.24, 2.45) is 0 Å². The highest BCUT2D eigenvalue weighted by Crippen LogP contribution is 2.21. The van der Waals surface area contributed by atoms with Gasteiger partial charge in [-0.2, -0.15) is 0 Å². The van der Waals surface area contributed by atoms with Crippen LogP contribution in [0.3, 0.4) is 0 Å². The minimum atomic E-state index is -0.151. The van der Waals surface area contributed by atoms with Crippen LogP contribution in [0.5, 0.6) is 5.75 Å². The predicted molar refractivity (Wildman–Crippen MR) is 160 cm³/mol. The van der Waals surface area contributed by atoms with Gasteiger partial charge >= 0.3 is 0 Å². The minimum Gasteiger partial charge on any atom is -0.508 e. The predicted octanol–water partition coefficient (Wildman–Crippen LogP) is 5.46. The van der Waals surface area contributed by atoms with E-state index in [1.807, 2.05) is 13.1 Å². The Bertz CT molecular complexity index is 1540. The lowest BCUT2D eigenvalue weighted by atomic mass is 9.97. The van der Waals surface area contributed by atoms with Crippen molar-refractivity contribution >= 4 is 27.5 Å². The molecule has 0 fully saturated rings. The van der Waals surface area contributed by atoms with Crippen LogP contribution in [0.25, 0.3) is 21.5 Å². The molecule has 1 amide bonds. The Morgan fingerprint density at radius 1 is 0.718 bits per heavy atom. The zero-order valence-electron chi connectivity index (χ0n) is 22.2. The monoisotopic (exact) mass is 517 g/mol. The van der Waals surface area contributed by atoms with Gasteiger partial charge in [0.2, 0.25) is 0 Å². The van der Waals surface area contributed by atoms with Crippen LogP contribution in [0, 0.1) is 0 Å². The van der Waals surface area contributed by atoms with E-state index in [1.54, 1.807) is 24.3 Å². The van der Waals surface area contributed by atoms with E-state index in [2.05, 4.69) is 94.8 Å². The third kappa shape index (κ3) is 6.82. The number of nitrogens with one attached hydrogen (secondary N) is 3. The van der Waals surface area contributed by atoms with Gasteiger partial charge in [-0.25, -0.2) is 0 Å². The second kappa shape index (κ2) is 12.6. The maximum absolute atomic E-state index is 13.2. The van der Waals surface area contributed by atoms with Gasteiger partial charge in [-0.05, 0) is 76.8 Å². The molecule has 4 N–H and O–H groups in total. The van der Waals surface area contributed by atoms with Crippen LogP contribution < -0.4 is 16.0 Å². The van der Waals surface area contributed by atoms with Crippen molar-refractivity contribution in [3.8, 4) is 5.75 Å². The molecule has 198 valence electrons. The van der Waals surface area contributed by atoms with Crippen molar-refractivity contribution in [1.29, 1.82) is 0 Å². The zero-order valence-corrected chi connectivity index (χ0v) is 22.2. The lowest BCUT2D eigenvalue weighted by Crippen LogP contribution is -2.48. The molecule has 5 aromatic carbocycles. The molecule has 0 saturated heterocycles. The fourth-order valence-electron chi connectivity index (χ4n) is 5.21. The summed E-state index contributed by atoms with van der Waals surface area (Å²) in [5.41, 5.74) is 3.00. The number of rotatable bonds is 11. The number of phenols is 1. The van der Waals surface area contributed by atoms with Crippen LogP contribution in [0.15, 0.2) is 109 Å². The number of phenolic OH excluding ortho intramolecular Hbond substituents is 1. The molecule has 5 nitrogen and oxygen atoms in total. The van der Waals surface area contributed by atoms with E-state index in [1.165, 1.54) is 32.7 Å². The molecule has 0 aliphatic rings. The standard InChI is InChI=1S/C34H35N3O2/c1-35-22-30(20-24-13-14-25-7-2-3-9-28(25)19-24)36-23-31(37-34(39)27-15-17-32(38)18-16-27)21-29-11-6-10-26-8-4-5-12-33(26)29/h2-19,30-31,35-36,38H,20-23H2,1H3,(H,37,39)/t30-,31-/m0/s1. The Hall–Kier alpha value is -4.19. The van der Waals surface area contributed by atoms with Crippen LogP contribution in [-0.4, -0.2) is 43.2 Å². The summed E-state index contributed by atoms with van der Waals surface area (Å²) in [4.78, 5) is 13.2. The molecular weight excluding hydrogens is 482 g/mol. The number of amides is 1. The Balaban J connectivity index is 1.34. The van der Waals surface area contributed by atoms with Crippen LogP contribution in [0.1, 0.15) is 21.5 Å². The van der Waals surface area contributed by atoms with Crippen molar-refractivity contribution in [1.82, 2.24) is 16.0 Å². The lowest BCUT2D eigenvalue weighted by molar-refractivity contribution is 0.0935. The molecule has 2 atom stereocenters. The molecule has 0 bridgehead atoms. The maximum atomic E-state index is 13.2. The van der Waals surface area contributed by atoms with E-state index in [9.17, 15) is 9.90 Å². The number of fused-ring (bicyclic) bond motifs is 2. The van der Waals surface area contributed by atoms with Gasteiger partial charge in [0.1, 0.15) is 5.75 Å². The summed E-state index contributed by atoms with van der Waals surface area (Å²) in [6, 6.07) is 36.2. The second-order valence-corrected chi connectivity index (χ2v) is 10.1. The molecule has 5 heteroatoms. The number of hydrogen-bond donors (Lipinski definition) is 4. The SMILES string of the molecule is CNC[C@H](Cc1ccc2ccccc2c1)NC[C@H](Cc1cccc2ccccc12)NC(=O)c1ccc(O)cc1. The van der Waals surface area contributed by atoms with E-state index < -0.39 is 0 Å². The van der Waals surface area contributed by atoms with Gasteiger partial charge in [-0.3, -0.25) is 4.79 Å². The number of carbonyl (C=O) groups excluding carboxylic acids is 1. The normalized spacial score (nSPS) is 12.8. The highest BCUT2D eigenvalue weighted by molar-refractivity contribution is 5.94. The molecule has 0 unspecified atom stereocenters. The largest absolute Gasteiger partial charge is 0.508 e.